The summed E-state index contributed by atoms with van der Waals surface area (Å²) in [5.74, 6) is 2.06. The minimum Gasteiger partial charge on any atom is -0.504 e. The summed E-state index contributed by atoms with van der Waals surface area (Å²) >= 11 is 0. The van der Waals surface area contributed by atoms with E-state index >= 15 is 0 Å². The van der Waals surface area contributed by atoms with Gasteiger partial charge in [0.2, 0.25) is 0 Å². The third-order valence-electron chi connectivity index (χ3n) is 3.66. The van der Waals surface area contributed by atoms with E-state index in [-0.39, 0.29) is 5.75 Å². The molecule has 0 aliphatic heterocycles. The molecule has 3 N–H and O–H groups in total. The van der Waals surface area contributed by atoms with Crippen molar-refractivity contribution in [3.8, 4) is 11.5 Å². The van der Waals surface area contributed by atoms with E-state index < -0.39 is 5.60 Å². The van der Waals surface area contributed by atoms with Crippen LogP contribution in [-0.4, -0.2) is 23.9 Å². The number of phenols is 1. The Morgan fingerprint density at radius 1 is 1.27 bits per heavy atom. The molecule has 0 amide bonds. The molecule has 22 heavy (non-hydrogen) atoms. The van der Waals surface area contributed by atoms with Crippen molar-refractivity contribution < 1.29 is 19.4 Å². The first-order valence-electron chi connectivity index (χ1n) is 7.20. The fraction of sp³-hybridized carbons (Fsp3) is 0.412. The molecule has 0 bridgehead atoms. The van der Waals surface area contributed by atoms with Gasteiger partial charge in [-0.3, -0.25) is 0 Å². The number of phenolic OH excluding ortho intramolecular Hbond substituents is 1. The highest BCUT2D eigenvalue weighted by atomic mass is 16.5. The molecule has 1 aromatic carbocycles. The van der Waals surface area contributed by atoms with Crippen LogP contribution in [-0.2, 0) is 12.1 Å². The Kier molecular flexibility index (Phi) is 4.78. The van der Waals surface area contributed by atoms with Crippen LogP contribution in [0.4, 0.5) is 0 Å². The van der Waals surface area contributed by atoms with Gasteiger partial charge in [-0.05, 0) is 44.5 Å². The minimum absolute atomic E-state index is 0.106. The molecule has 5 heteroatoms. The van der Waals surface area contributed by atoms with Gasteiger partial charge in [-0.2, -0.15) is 0 Å². The fourth-order valence-electron chi connectivity index (χ4n) is 2.56. The van der Waals surface area contributed by atoms with E-state index in [0.29, 0.717) is 18.8 Å². The maximum atomic E-state index is 10.6. The number of rotatable bonds is 6. The Labute approximate surface area is 130 Å². The van der Waals surface area contributed by atoms with Crippen LogP contribution in [0.1, 0.15) is 29.6 Å². The number of benzene rings is 1. The molecule has 0 radical (unpaired) electrons. The minimum atomic E-state index is -1.02. The Bertz CT molecular complexity index is 646. The Morgan fingerprint density at radius 3 is 2.55 bits per heavy atom. The monoisotopic (exact) mass is 305 g/mol. The summed E-state index contributed by atoms with van der Waals surface area (Å²) in [6, 6.07) is 7.09. The fourth-order valence-corrected chi connectivity index (χ4v) is 2.56. The van der Waals surface area contributed by atoms with Crippen LogP contribution in [0.3, 0.4) is 0 Å². The van der Waals surface area contributed by atoms with Gasteiger partial charge in [0.25, 0.3) is 0 Å². The van der Waals surface area contributed by atoms with Gasteiger partial charge in [0.1, 0.15) is 17.1 Å². The molecular formula is C17H23NO4. The smallest absolute Gasteiger partial charge is 0.160 e. The van der Waals surface area contributed by atoms with Crippen LogP contribution >= 0.6 is 0 Å². The molecule has 0 aliphatic rings. The number of hydrogen-bond acceptors (Lipinski definition) is 5. The maximum Gasteiger partial charge on any atom is 0.160 e. The highest BCUT2D eigenvalue weighted by Crippen LogP contribution is 2.28. The van der Waals surface area contributed by atoms with E-state index in [1.54, 1.807) is 19.1 Å². The zero-order chi connectivity index (χ0) is 16.3. The Balaban J connectivity index is 1.98. The summed E-state index contributed by atoms with van der Waals surface area (Å²) in [6.07, 6.45) is 0. The van der Waals surface area contributed by atoms with Crippen molar-refractivity contribution in [1.82, 2.24) is 5.32 Å². The molecule has 120 valence electrons. The molecule has 1 heterocycles. The second-order valence-corrected chi connectivity index (χ2v) is 5.71. The number of aromatic hydroxyl groups is 1. The summed E-state index contributed by atoms with van der Waals surface area (Å²) < 4.78 is 10.5. The molecule has 0 fully saturated rings. The summed E-state index contributed by atoms with van der Waals surface area (Å²) in [4.78, 5) is 0. The highest BCUT2D eigenvalue weighted by Gasteiger charge is 2.27. The van der Waals surface area contributed by atoms with Gasteiger partial charge in [0.15, 0.2) is 11.5 Å². The molecule has 2 rings (SSSR count). The van der Waals surface area contributed by atoms with Crippen LogP contribution in [0.15, 0.2) is 28.7 Å². The number of nitrogens with one attached hydrogen (secondary N) is 1. The van der Waals surface area contributed by atoms with Crippen molar-refractivity contribution in [1.29, 1.82) is 0 Å². The first-order chi connectivity index (χ1) is 10.3. The molecule has 0 aliphatic carbocycles. The second kappa shape index (κ2) is 6.42. The highest BCUT2D eigenvalue weighted by molar-refractivity contribution is 5.41. The first-order valence-corrected chi connectivity index (χ1v) is 7.20. The van der Waals surface area contributed by atoms with Crippen molar-refractivity contribution >= 4 is 0 Å². The number of aliphatic hydroxyl groups is 1. The van der Waals surface area contributed by atoms with Crippen LogP contribution in [0.25, 0.3) is 0 Å². The van der Waals surface area contributed by atoms with Gasteiger partial charge < -0.3 is 24.7 Å². The van der Waals surface area contributed by atoms with Crippen LogP contribution in [0.5, 0.6) is 11.5 Å². The number of hydrogen-bond donors (Lipinski definition) is 3. The predicted octanol–water partition coefficient (Wildman–Crippen LogP) is 2.61. The summed E-state index contributed by atoms with van der Waals surface area (Å²) in [6.45, 7) is 6.37. The lowest BCUT2D eigenvalue weighted by Crippen LogP contribution is -2.35. The molecular weight excluding hydrogens is 282 g/mol. The van der Waals surface area contributed by atoms with Gasteiger partial charge >= 0.3 is 0 Å². The predicted molar refractivity (Wildman–Crippen MR) is 84.1 cm³/mol. The molecule has 1 unspecified atom stereocenters. The summed E-state index contributed by atoms with van der Waals surface area (Å²) in [7, 11) is 1.51. The van der Waals surface area contributed by atoms with Gasteiger partial charge in [0, 0.05) is 18.7 Å². The maximum absolute atomic E-state index is 10.6. The normalized spacial score (nSPS) is 13.9. The van der Waals surface area contributed by atoms with Crippen molar-refractivity contribution in [2.24, 2.45) is 0 Å². The van der Waals surface area contributed by atoms with E-state index in [0.717, 1.165) is 22.6 Å². The third kappa shape index (κ3) is 3.61. The van der Waals surface area contributed by atoms with E-state index in [1.807, 2.05) is 26.0 Å². The quantitative estimate of drug-likeness (QED) is 0.765. The zero-order valence-corrected chi connectivity index (χ0v) is 13.4. The zero-order valence-electron chi connectivity index (χ0n) is 13.4. The van der Waals surface area contributed by atoms with Gasteiger partial charge in [0.05, 0.1) is 7.11 Å². The van der Waals surface area contributed by atoms with E-state index in [4.69, 9.17) is 9.15 Å². The lowest BCUT2D eigenvalue weighted by atomic mass is 9.96. The largest absolute Gasteiger partial charge is 0.504 e. The molecule has 5 nitrogen and oxygen atoms in total. The lowest BCUT2D eigenvalue weighted by molar-refractivity contribution is 0.0552. The molecule has 0 saturated carbocycles. The second-order valence-electron chi connectivity index (χ2n) is 5.71. The van der Waals surface area contributed by atoms with E-state index in [9.17, 15) is 10.2 Å². The Hall–Kier alpha value is -1.98. The van der Waals surface area contributed by atoms with Gasteiger partial charge in [-0.15, -0.1) is 0 Å². The third-order valence-corrected chi connectivity index (χ3v) is 3.66. The molecule has 2 aromatic rings. The van der Waals surface area contributed by atoms with Crippen LogP contribution in [0.2, 0.25) is 0 Å². The lowest BCUT2D eigenvalue weighted by Gasteiger charge is -2.23. The van der Waals surface area contributed by atoms with Crippen molar-refractivity contribution in [2.45, 2.75) is 32.9 Å². The molecule has 1 aromatic heterocycles. The van der Waals surface area contributed by atoms with Crippen molar-refractivity contribution in [2.75, 3.05) is 13.7 Å². The van der Waals surface area contributed by atoms with Crippen molar-refractivity contribution in [3.05, 3.63) is 46.9 Å². The van der Waals surface area contributed by atoms with E-state index in [2.05, 4.69) is 5.32 Å². The van der Waals surface area contributed by atoms with Crippen molar-refractivity contribution in [3.63, 3.8) is 0 Å². The summed E-state index contributed by atoms with van der Waals surface area (Å²) in [5, 5.41) is 23.6. The topological polar surface area (TPSA) is 74.9 Å². The van der Waals surface area contributed by atoms with Gasteiger partial charge in [-0.25, -0.2) is 0 Å². The summed E-state index contributed by atoms with van der Waals surface area (Å²) in [5.41, 5.74) is 0.681. The molecule has 1 atom stereocenters. The molecule has 0 spiro atoms. The molecule has 0 saturated heterocycles. The average Bonchev–Trinajstić information content (AvgIpc) is 2.78. The first kappa shape index (κ1) is 16.4. The number of ether oxygens (including phenoxy) is 1. The van der Waals surface area contributed by atoms with E-state index in [1.165, 1.54) is 7.11 Å². The van der Waals surface area contributed by atoms with Crippen LogP contribution < -0.4 is 10.1 Å². The Morgan fingerprint density at radius 2 is 2.00 bits per heavy atom. The van der Waals surface area contributed by atoms with Gasteiger partial charge in [-0.1, -0.05) is 6.07 Å². The number of methoxy groups -OCH3 is 1. The average molecular weight is 305 g/mol. The van der Waals surface area contributed by atoms with Crippen LogP contribution in [0, 0.1) is 13.8 Å². The number of aryl methyl sites for hydroxylation is 2. The SMILES string of the molecule is COc1ccc(CNCC(C)(O)c2cc(C)oc2C)cc1O. The number of furan rings is 1. The standard InChI is InChI=1S/C17H23NO4/c1-11-7-14(12(2)22-11)17(3,20)10-18-9-13-5-6-16(21-4)15(19)8-13/h5-8,18-20H,9-10H2,1-4H3.